The molecule has 2 aromatic carbocycles. The van der Waals surface area contributed by atoms with Crippen molar-refractivity contribution in [3.8, 4) is 23.0 Å². The van der Waals surface area contributed by atoms with Gasteiger partial charge in [0.1, 0.15) is 5.60 Å². The normalized spacial score (nSPS) is 24.7. The van der Waals surface area contributed by atoms with E-state index in [2.05, 4.69) is 18.2 Å². The average molecular weight is 409 g/mol. The molecule has 3 aliphatic rings. The summed E-state index contributed by atoms with van der Waals surface area (Å²) in [6, 6.07) is 12.4. The molecule has 0 N–H and O–H groups in total. The number of nitrogens with zero attached hydrogens (tertiary/aromatic N) is 1. The average Bonchev–Trinajstić information content (AvgIpc) is 3.47. The molecule has 0 spiro atoms. The predicted octanol–water partition coefficient (Wildman–Crippen LogP) is 4.48. The Labute approximate surface area is 176 Å². The number of ether oxygens (including phenoxy) is 5. The van der Waals surface area contributed by atoms with E-state index >= 15 is 0 Å². The van der Waals surface area contributed by atoms with E-state index in [1.165, 1.54) is 6.42 Å². The molecule has 2 aromatic rings. The summed E-state index contributed by atoms with van der Waals surface area (Å²) in [5.41, 5.74) is 3.13. The van der Waals surface area contributed by atoms with E-state index in [9.17, 15) is 0 Å². The quantitative estimate of drug-likeness (QED) is 0.659. The lowest BCUT2D eigenvalue weighted by Gasteiger charge is -2.19. The molecule has 0 aromatic heterocycles. The Morgan fingerprint density at radius 2 is 1.83 bits per heavy atom. The highest BCUT2D eigenvalue weighted by Gasteiger charge is 2.48. The molecular formula is C24H27NO5. The molecule has 3 aliphatic heterocycles. The Hall–Kier alpha value is -2.73. The first-order chi connectivity index (χ1) is 14.7. The lowest BCUT2D eigenvalue weighted by atomic mass is 9.90. The molecule has 5 rings (SSSR count). The molecule has 0 bridgehead atoms. The molecular weight excluding hydrogens is 382 g/mol. The van der Waals surface area contributed by atoms with Crippen LogP contribution in [-0.4, -0.2) is 39.4 Å². The third kappa shape index (κ3) is 3.60. The van der Waals surface area contributed by atoms with E-state index in [1.54, 1.807) is 14.2 Å². The third-order valence-corrected chi connectivity index (χ3v) is 6.21. The molecule has 1 fully saturated rings. The maximum Gasteiger partial charge on any atom is 0.231 e. The van der Waals surface area contributed by atoms with Crippen molar-refractivity contribution in [1.82, 2.24) is 0 Å². The van der Waals surface area contributed by atoms with E-state index in [1.807, 2.05) is 18.2 Å². The van der Waals surface area contributed by atoms with Gasteiger partial charge in [0.2, 0.25) is 6.79 Å². The zero-order valence-corrected chi connectivity index (χ0v) is 17.5. The summed E-state index contributed by atoms with van der Waals surface area (Å²) in [5, 5.41) is 0. The molecule has 0 saturated carbocycles. The second kappa shape index (κ2) is 7.84. The number of epoxide rings is 1. The number of benzene rings is 2. The van der Waals surface area contributed by atoms with Crippen molar-refractivity contribution >= 4 is 5.71 Å². The Kier molecular flexibility index (Phi) is 5.03. The van der Waals surface area contributed by atoms with Crippen LogP contribution in [-0.2, 0) is 10.3 Å². The first kappa shape index (κ1) is 19.2. The fraction of sp³-hybridized carbons (Fsp3) is 0.458. The summed E-state index contributed by atoms with van der Waals surface area (Å²) < 4.78 is 27.9. The van der Waals surface area contributed by atoms with E-state index in [0.29, 0.717) is 13.4 Å². The Bertz CT molecular complexity index is 966. The number of methoxy groups -OCH3 is 2. The van der Waals surface area contributed by atoms with Crippen molar-refractivity contribution in [2.45, 2.75) is 43.7 Å². The van der Waals surface area contributed by atoms with E-state index < -0.39 is 0 Å². The maximum absolute atomic E-state index is 6.00. The van der Waals surface area contributed by atoms with Gasteiger partial charge in [-0.15, -0.1) is 0 Å². The Morgan fingerprint density at radius 1 is 1.00 bits per heavy atom. The minimum absolute atomic E-state index is 0.225. The van der Waals surface area contributed by atoms with Gasteiger partial charge in [-0.05, 0) is 60.7 Å². The van der Waals surface area contributed by atoms with Crippen molar-refractivity contribution in [2.75, 3.05) is 27.6 Å². The van der Waals surface area contributed by atoms with Gasteiger partial charge >= 0.3 is 0 Å². The highest BCUT2D eigenvalue weighted by atomic mass is 16.7. The number of hydrogen-bond donors (Lipinski definition) is 0. The van der Waals surface area contributed by atoms with Crippen molar-refractivity contribution in [3.05, 3.63) is 47.5 Å². The van der Waals surface area contributed by atoms with E-state index in [0.717, 1.165) is 65.5 Å². The van der Waals surface area contributed by atoms with Crippen LogP contribution in [0.25, 0.3) is 0 Å². The number of aliphatic imine (C=N–C) groups is 1. The summed E-state index contributed by atoms with van der Waals surface area (Å²) in [6.45, 7) is 1.01. The van der Waals surface area contributed by atoms with Crippen molar-refractivity contribution in [1.29, 1.82) is 0 Å². The summed E-state index contributed by atoms with van der Waals surface area (Å²) >= 11 is 0. The second-order valence-electron chi connectivity index (χ2n) is 8.10. The van der Waals surface area contributed by atoms with Crippen LogP contribution in [0.3, 0.4) is 0 Å². The fourth-order valence-corrected chi connectivity index (χ4v) is 4.45. The van der Waals surface area contributed by atoms with Gasteiger partial charge < -0.3 is 23.7 Å². The van der Waals surface area contributed by atoms with Crippen LogP contribution in [0.15, 0.2) is 41.4 Å². The molecule has 2 atom stereocenters. The summed E-state index contributed by atoms with van der Waals surface area (Å²) in [4.78, 5) is 5.18. The van der Waals surface area contributed by atoms with Gasteiger partial charge in [0.25, 0.3) is 0 Å². The summed E-state index contributed by atoms with van der Waals surface area (Å²) in [5.74, 6) is 3.08. The van der Waals surface area contributed by atoms with Crippen molar-refractivity contribution in [3.63, 3.8) is 0 Å². The molecule has 1 saturated heterocycles. The van der Waals surface area contributed by atoms with E-state index in [4.69, 9.17) is 28.7 Å². The van der Waals surface area contributed by atoms with Gasteiger partial charge in [0, 0.05) is 12.1 Å². The van der Waals surface area contributed by atoms with Crippen LogP contribution in [0.4, 0.5) is 0 Å². The minimum atomic E-state index is -0.280. The highest BCUT2D eigenvalue weighted by Crippen LogP contribution is 2.46. The Morgan fingerprint density at radius 3 is 2.63 bits per heavy atom. The van der Waals surface area contributed by atoms with Crippen LogP contribution >= 0.6 is 0 Å². The molecule has 0 amide bonds. The van der Waals surface area contributed by atoms with Crippen LogP contribution in [0.2, 0.25) is 0 Å². The molecule has 3 heterocycles. The minimum Gasteiger partial charge on any atom is -0.493 e. The monoisotopic (exact) mass is 409 g/mol. The molecule has 30 heavy (non-hydrogen) atoms. The number of fused-ring (bicyclic) bond motifs is 1. The summed E-state index contributed by atoms with van der Waals surface area (Å²) in [7, 11) is 3.31. The molecule has 158 valence electrons. The summed E-state index contributed by atoms with van der Waals surface area (Å²) in [6.07, 6.45) is 5.25. The number of rotatable bonds is 6. The van der Waals surface area contributed by atoms with Gasteiger partial charge in [-0.2, -0.15) is 0 Å². The fourth-order valence-electron chi connectivity index (χ4n) is 4.45. The third-order valence-electron chi connectivity index (χ3n) is 6.21. The van der Waals surface area contributed by atoms with Gasteiger partial charge in [-0.25, -0.2) is 0 Å². The SMILES string of the molecule is COc1ccc(C2(CC3CCCCC(c4ccc5c(c4)OCO5)=N3)CO2)cc1OC. The van der Waals surface area contributed by atoms with Crippen LogP contribution in [0.5, 0.6) is 23.0 Å². The maximum atomic E-state index is 6.00. The first-order valence-electron chi connectivity index (χ1n) is 10.5. The highest BCUT2D eigenvalue weighted by molar-refractivity contribution is 6.01. The smallest absolute Gasteiger partial charge is 0.231 e. The van der Waals surface area contributed by atoms with Gasteiger partial charge in [0.05, 0.1) is 26.9 Å². The largest absolute Gasteiger partial charge is 0.493 e. The van der Waals surface area contributed by atoms with Gasteiger partial charge in [-0.1, -0.05) is 12.5 Å². The van der Waals surface area contributed by atoms with Crippen LogP contribution in [0.1, 0.15) is 43.2 Å². The zero-order chi connectivity index (χ0) is 20.6. The molecule has 0 aliphatic carbocycles. The predicted molar refractivity (Wildman–Crippen MR) is 113 cm³/mol. The topological polar surface area (TPSA) is 61.8 Å². The standard InChI is InChI=1S/C24H27NO5/c1-26-20-10-8-17(12-22(20)27-2)24(14-30-24)13-18-5-3-4-6-19(25-18)16-7-9-21-23(11-16)29-15-28-21/h7-12,18H,3-6,13-15H2,1-2H3. The number of hydrogen-bond acceptors (Lipinski definition) is 6. The molecule has 6 nitrogen and oxygen atoms in total. The van der Waals surface area contributed by atoms with Gasteiger partial charge in [0.15, 0.2) is 23.0 Å². The first-order valence-corrected chi connectivity index (χ1v) is 10.5. The van der Waals surface area contributed by atoms with Crippen LogP contribution in [0, 0.1) is 0 Å². The van der Waals surface area contributed by atoms with Crippen molar-refractivity contribution in [2.24, 2.45) is 4.99 Å². The lowest BCUT2D eigenvalue weighted by molar-refractivity contribution is 0.174. The second-order valence-corrected chi connectivity index (χ2v) is 8.10. The molecule has 2 unspecified atom stereocenters. The lowest BCUT2D eigenvalue weighted by Crippen LogP contribution is -2.19. The zero-order valence-electron chi connectivity index (χ0n) is 17.5. The van der Waals surface area contributed by atoms with Crippen LogP contribution < -0.4 is 18.9 Å². The van der Waals surface area contributed by atoms with Crippen molar-refractivity contribution < 1.29 is 23.7 Å². The molecule has 6 heteroatoms. The Balaban J connectivity index is 1.39. The van der Waals surface area contributed by atoms with Gasteiger partial charge in [-0.3, -0.25) is 4.99 Å². The van der Waals surface area contributed by atoms with E-state index in [-0.39, 0.29) is 11.6 Å². The molecule has 0 radical (unpaired) electrons.